The number of amides is 2. The summed E-state index contributed by atoms with van der Waals surface area (Å²) in [5.74, 6) is 0. The van der Waals surface area contributed by atoms with Gasteiger partial charge in [-0.3, -0.25) is 10.6 Å². The van der Waals surface area contributed by atoms with Crippen molar-refractivity contribution in [3.8, 4) is 0 Å². The van der Waals surface area contributed by atoms with E-state index < -0.39 is 34.3 Å². The first-order valence-corrected chi connectivity index (χ1v) is 6.63. The lowest BCUT2D eigenvalue weighted by Crippen LogP contribution is -2.46. The third-order valence-corrected chi connectivity index (χ3v) is 2.53. The number of halogens is 4. The van der Waals surface area contributed by atoms with Crippen molar-refractivity contribution in [3.05, 3.63) is 0 Å². The molecule has 2 amide bonds. The summed E-state index contributed by atoms with van der Waals surface area (Å²) in [6.45, 7) is 0. The van der Waals surface area contributed by atoms with Crippen LogP contribution in [0.3, 0.4) is 0 Å². The Kier molecular flexibility index (Phi) is 10.2. The van der Waals surface area contributed by atoms with E-state index in [2.05, 4.69) is 20.1 Å². The molecule has 12 heteroatoms. The fourth-order valence-electron chi connectivity index (χ4n) is 0.728. The van der Waals surface area contributed by atoms with Crippen LogP contribution in [0.2, 0.25) is 0 Å². The van der Waals surface area contributed by atoms with Gasteiger partial charge in [0, 0.05) is 0 Å². The molecule has 0 saturated carbocycles. The van der Waals surface area contributed by atoms with Crippen LogP contribution in [0.1, 0.15) is 0 Å². The summed E-state index contributed by atoms with van der Waals surface area (Å²) in [4.78, 5) is 29.1. The largest absolute Gasteiger partial charge is 0.453 e. The van der Waals surface area contributed by atoms with Gasteiger partial charge in [-0.1, -0.05) is 0 Å². The molecule has 0 aromatic carbocycles. The molecule has 0 aromatic rings. The van der Waals surface area contributed by atoms with E-state index in [-0.39, 0.29) is 0 Å². The Hall–Kier alpha value is -0.380. The molecular formula is C8H12Cl4N2O6. The number of hydrogen-bond donors (Lipinski definition) is 2. The standard InChI is InChI=1S/C8H12Cl4N2O6/c1-17-7(15)13-5(3(9)10)19-20-6(4(11)12)14-8(16)18-2/h3-6H,1-2H3,(H,13,15)(H,14,16)/t5-,6+. The second kappa shape index (κ2) is 10.4. The molecule has 0 rings (SSSR count). The number of ether oxygens (including phenoxy) is 2. The number of carbonyl (C=O) groups excluding carboxylic acids is 2. The van der Waals surface area contributed by atoms with Gasteiger partial charge in [0.25, 0.3) is 0 Å². The van der Waals surface area contributed by atoms with Crippen LogP contribution < -0.4 is 10.6 Å². The Bertz CT molecular complexity index is 289. The van der Waals surface area contributed by atoms with Gasteiger partial charge in [0.15, 0.2) is 22.1 Å². The maximum Gasteiger partial charge on any atom is 0.409 e. The molecule has 118 valence electrons. The van der Waals surface area contributed by atoms with E-state index in [1.54, 1.807) is 0 Å². The minimum Gasteiger partial charge on any atom is -0.453 e. The van der Waals surface area contributed by atoms with E-state index in [1.807, 2.05) is 0 Å². The molecule has 0 aliphatic carbocycles. The van der Waals surface area contributed by atoms with Crippen molar-refractivity contribution in [2.24, 2.45) is 0 Å². The number of rotatable bonds is 7. The van der Waals surface area contributed by atoms with Crippen LogP contribution in [0.25, 0.3) is 0 Å². The molecule has 20 heavy (non-hydrogen) atoms. The Labute approximate surface area is 134 Å². The SMILES string of the molecule is COC(=O)N[C@H](OO[C@H](NC(=O)OC)C(Cl)Cl)C(Cl)Cl. The van der Waals surface area contributed by atoms with Crippen molar-refractivity contribution in [1.82, 2.24) is 10.6 Å². The summed E-state index contributed by atoms with van der Waals surface area (Å²) in [6.07, 6.45) is -4.31. The number of nitrogens with one attached hydrogen (secondary N) is 2. The predicted molar refractivity (Wildman–Crippen MR) is 71.8 cm³/mol. The third kappa shape index (κ3) is 8.03. The van der Waals surface area contributed by atoms with Crippen LogP contribution in [0, 0.1) is 0 Å². The topological polar surface area (TPSA) is 95.1 Å². The average molecular weight is 374 g/mol. The number of alkyl carbamates (subject to hydrolysis) is 2. The highest BCUT2D eigenvalue weighted by molar-refractivity contribution is 6.45. The molecule has 0 saturated heterocycles. The zero-order valence-corrected chi connectivity index (χ0v) is 13.3. The van der Waals surface area contributed by atoms with Gasteiger partial charge in [0.1, 0.15) is 0 Å². The van der Waals surface area contributed by atoms with Gasteiger partial charge in [0.2, 0.25) is 0 Å². The Balaban J connectivity index is 4.47. The molecule has 0 aromatic heterocycles. The molecule has 2 atom stereocenters. The molecular weight excluding hydrogens is 362 g/mol. The van der Waals surface area contributed by atoms with Gasteiger partial charge in [-0.15, -0.1) is 46.4 Å². The van der Waals surface area contributed by atoms with Crippen molar-refractivity contribution in [2.45, 2.75) is 22.1 Å². The van der Waals surface area contributed by atoms with Crippen molar-refractivity contribution >= 4 is 58.6 Å². The van der Waals surface area contributed by atoms with E-state index in [0.717, 1.165) is 14.2 Å². The van der Waals surface area contributed by atoms with E-state index in [4.69, 9.17) is 56.2 Å². The smallest absolute Gasteiger partial charge is 0.409 e. The first kappa shape index (κ1) is 19.6. The monoisotopic (exact) mass is 372 g/mol. The molecule has 2 N–H and O–H groups in total. The number of alkyl halides is 4. The molecule has 0 bridgehead atoms. The molecule has 0 radical (unpaired) electrons. The highest BCUT2D eigenvalue weighted by Gasteiger charge is 2.27. The molecule has 0 aliphatic rings. The van der Waals surface area contributed by atoms with Gasteiger partial charge >= 0.3 is 12.2 Å². The normalized spacial score (nSPS) is 13.8. The zero-order chi connectivity index (χ0) is 15.7. The summed E-state index contributed by atoms with van der Waals surface area (Å²) < 4.78 is 8.64. The van der Waals surface area contributed by atoms with E-state index in [1.165, 1.54) is 0 Å². The van der Waals surface area contributed by atoms with Gasteiger partial charge in [-0.25, -0.2) is 19.4 Å². The lowest BCUT2D eigenvalue weighted by Gasteiger charge is -2.23. The molecule has 0 spiro atoms. The van der Waals surface area contributed by atoms with Crippen LogP contribution in [0.4, 0.5) is 9.59 Å². The van der Waals surface area contributed by atoms with Crippen molar-refractivity contribution in [3.63, 3.8) is 0 Å². The van der Waals surface area contributed by atoms with Crippen LogP contribution >= 0.6 is 46.4 Å². The molecule has 0 fully saturated rings. The van der Waals surface area contributed by atoms with Crippen molar-refractivity contribution in [2.75, 3.05) is 14.2 Å². The van der Waals surface area contributed by atoms with Gasteiger partial charge in [-0.2, -0.15) is 0 Å². The summed E-state index contributed by atoms with van der Waals surface area (Å²) in [6, 6.07) is 0. The Morgan fingerprint density at radius 1 is 0.800 bits per heavy atom. The maximum absolute atomic E-state index is 11.0. The fraction of sp³-hybridized carbons (Fsp3) is 0.750. The molecule has 0 aliphatic heterocycles. The summed E-state index contributed by atoms with van der Waals surface area (Å²) in [5, 5.41) is 4.25. The minimum absolute atomic E-state index is 0.865. The fourth-order valence-corrected chi connectivity index (χ4v) is 1.15. The highest BCUT2D eigenvalue weighted by atomic mass is 35.5. The summed E-state index contributed by atoms with van der Waals surface area (Å²) in [5.41, 5.74) is 0. The molecule has 0 unspecified atom stereocenters. The van der Waals surface area contributed by atoms with Gasteiger partial charge < -0.3 is 9.47 Å². The first-order valence-electron chi connectivity index (χ1n) is 4.89. The Morgan fingerprint density at radius 2 is 1.10 bits per heavy atom. The second-order valence-corrected chi connectivity index (χ2v) is 5.30. The van der Waals surface area contributed by atoms with Gasteiger partial charge in [-0.05, 0) is 0 Å². The number of carbonyl (C=O) groups is 2. The number of methoxy groups -OCH3 is 2. The summed E-state index contributed by atoms with van der Waals surface area (Å²) in [7, 11) is 2.25. The van der Waals surface area contributed by atoms with Crippen LogP contribution in [0.5, 0.6) is 0 Å². The van der Waals surface area contributed by atoms with Gasteiger partial charge in [0.05, 0.1) is 14.2 Å². The highest BCUT2D eigenvalue weighted by Crippen LogP contribution is 2.14. The van der Waals surface area contributed by atoms with Crippen LogP contribution in [-0.2, 0) is 19.2 Å². The quantitative estimate of drug-likeness (QED) is 0.306. The lowest BCUT2D eigenvalue weighted by molar-refractivity contribution is -0.353. The lowest BCUT2D eigenvalue weighted by atomic mass is 10.6. The second-order valence-electron chi connectivity index (χ2n) is 2.97. The minimum atomic E-state index is -1.29. The van der Waals surface area contributed by atoms with E-state index in [0.29, 0.717) is 0 Å². The summed E-state index contributed by atoms with van der Waals surface area (Å²) >= 11 is 22.2. The number of hydrogen-bond acceptors (Lipinski definition) is 6. The molecule has 0 heterocycles. The van der Waals surface area contributed by atoms with E-state index in [9.17, 15) is 9.59 Å². The predicted octanol–water partition coefficient (Wildman–Crippen LogP) is 1.91. The van der Waals surface area contributed by atoms with E-state index >= 15 is 0 Å². The van der Waals surface area contributed by atoms with Crippen LogP contribution in [0.15, 0.2) is 0 Å². The van der Waals surface area contributed by atoms with Crippen LogP contribution in [-0.4, -0.2) is 48.5 Å². The third-order valence-electron chi connectivity index (χ3n) is 1.61. The van der Waals surface area contributed by atoms with Crippen molar-refractivity contribution in [1.29, 1.82) is 0 Å². The first-order chi connectivity index (χ1) is 9.31. The van der Waals surface area contributed by atoms with Crippen molar-refractivity contribution < 1.29 is 28.8 Å². The molecule has 8 nitrogen and oxygen atoms in total. The maximum atomic E-state index is 11.0. The Morgan fingerprint density at radius 3 is 1.30 bits per heavy atom. The zero-order valence-electron chi connectivity index (χ0n) is 10.3. The average Bonchev–Trinajstić information content (AvgIpc) is 2.40.